The van der Waals surface area contributed by atoms with Gasteiger partial charge in [0.2, 0.25) is 0 Å². The number of alkyl halides is 3. The van der Waals surface area contributed by atoms with Gasteiger partial charge in [-0.25, -0.2) is 0 Å². The molecule has 0 aliphatic heterocycles. The molecule has 0 aromatic rings. The van der Waals surface area contributed by atoms with Crippen molar-refractivity contribution < 1.29 is 17.9 Å². The molecule has 0 amide bonds. The van der Waals surface area contributed by atoms with Crippen LogP contribution in [0.15, 0.2) is 0 Å². The monoisotopic (exact) mass is 253 g/mol. The maximum absolute atomic E-state index is 11.9. The van der Waals surface area contributed by atoms with Gasteiger partial charge in [-0.15, -0.1) is 0 Å². The van der Waals surface area contributed by atoms with Crippen LogP contribution in [-0.4, -0.2) is 25.4 Å². The third-order valence-electron chi connectivity index (χ3n) is 3.58. The third kappa shape index (κ3) is 5.73. The molecule has 0 radical (unpaired) electrons. The standard InChI is InChI=1S/C12H22F3NO/c1-2-9-4-3-5-10(6-9)11(16)7-17-8-12(13,14)15/h9-11H,2-8,16H2,1H3. The van der Waals surface area contributed by atoms with Crippen molar-refractivity contribution >= 4 is 0 Å². The van der Waals surface area contributed by atoms with Crippen molar-refractivity contribution in [2.75, 3.05) is 13.2 Å². The van der Waals surface area contributed by atoms with Crippen LogP contribution in [0, 0.1) is 11.8 Å². The Balaban J connectivity index is 2.24. The SMILES string of the molecule is CCC1CCCC(C(N)COCC(F)(F)F)C1. The average molecular weight is 253 g/mol. The van der Waals surface area contributed by atoms with Crippen LogP contribution in [0.25, 0.3) is 0 Å². The van der Waals surface area contributed by atoms with Gasteiger partial charge in [-0.1, -0.05) is 26.2 Å². The Bertz CT molecular complexity index is 220. The molecule has 1 rings (SSSR count). The number of hydrogen-bond acceptors (Lipinski definition) is 2. The first-order valence-corrected chi connectivity index (χ1v) is 6.32. The highest BCUT2D eigenvalue weighted by molar-refractivity contribution is 4.80. The summed E-state index contributed by atoms with van der Waals surface area (Å²) in [6.45, 7) is 0.976. The van der Waals surface area contributed by atoms with Gasteiger partial charge in [-0.2, -0.15) is 13.2 Å². The lowest BCUT2D eigenvalue weighted by molar-refractivity contribution is -0.175. The molecule has 17 heavy (non-hydrogen) atoms. The zero-order chi connectivity index (χ0) is 12.9. The highest BCUT2D eigenvalue weighted by atomic mass is 19.4. The minimum atomic E-state index is -4.25. The molecule has 0 saturated heterocycles. The highest BCUT2D eigenvalue weighted by Gasteiger charge is 2.29. The molecule has 0 heterocycles. The number of nitrogens with two attached hydrogens (primary N) is 1. The quantitative estimate of drug-likeness (QED) is 0.817. The summed E-state index contributed by atoms with van der Waals surface area (Å²) in [4.78, 5) is 0. The largest absolute Gasteiger partial charge is 0.411 e. The second-order valence-corrected chi connectivity index (χ2v) is 5.00. The van der Waals surface area contributed by atoms with Crippen molar-refractivity contribution in [3.05, 3.63) is 0 Å². The number of rotatable bonds is 5. The van der Waals surface area contributed by atoms with E-state index in [1.807, 2.05) is 0 Å². The summed E-state index contributed by atoms with van der Waals surface area (Å²) in [7, 11) is 0. The summed E-state index contributed by atoms with van der Waals surface area (Å²) in [5, 5.41) is 0. The Morgan fingerprint density at radius 2 is 2.06 bits per heavy atom. The first kappa shape index (κ1) is 14.8. The van der Waals surface area contributed by atoms with Crippen molar-refractivity contribution in [3.8, 4) is 0 Å². The fraction of sp³-hybridized carbons (Fsp3) is 1.00. The van der Waals surface area contributed by atoms with E-state index in [-0.39, 0.29) is 12.6 Å². The molecule has 1 aliphatic carbocycles. The van der Waals surface area contributed by atoms with Crippen molar-refractivity contribution in [1.29, 1.82) is 0 Å². The van der Waals surface area contributed by atoms with Crippen molar-refractivity contribution in [2.45, 2.75) is 51.2 Å². The summed E-state index contributed by atoms with van der Waals surface area (Å²) < 4.78 is 40.3. The zero-order valence-electron chi connectivity index (χ0n) is 10.3. The van der Waals surface area contributed by atoms with E-state index in [9.17, 15) is 13.2 Å². The molecule has 102 valence electrons. The van der Waals surface area contributed by atoms with Crippen molar-refractivity contribution in [2.24, 2.45) is 17.6 Å². The number of ether oxygens (including phenoxy) is 1. The number of hydrogen-bond donors (Lipinski definition) is 1. The Kier molecular flexibility index (Phi) is 5.73. The second kappa shape index (κ2) is 6.59. The molecule has 1 saturated carbocycles. The van der Waals surface area contributed by atoms with Gasteiger partial charge in [-0.3, -0.25) is 0 Å². The van der Waals surface area contributed by atoms with Gasteiger partial charge >= 0.3 is 6.18 Å². The van der Waals surface area contributed by atoms with E-state index in [4.69, 9.17) is 5.73 Å². The predicted octanol–water partition coefficient (Wildman–Crippen LogP) is 3.11. The summed E-state index contributed by atoms with van der Waals surface area (Å²) in [5.41, 5.74) is 5.90. The molecule has 0 spiro atoms. The van der Waals surface area contributed by atoms with E-state index in [0.29, 0.717) is 11.8 Å². The minimum Gasteiger partial charge on any atom is -0.370 e. The summed E-state index contributed by atoms with van der Waals surface area (Å²) in [5.74, 6) is 1.00. The Morgan fingerprint density at radius 1 is 1.35 bits per heavy atom. The van der Waals surface area contributed by atoms with Crippen LogP contribution < -0.4 is 5.73 Å². The molecule has 0 aromatic heterocycles. The molecule has 3 atom stereocenters. The third-order valence-corrected chi connectivity index (χ3v) is 3.58. The van der Waals surface area contributed by atoms with Gasteiger partial charge < -0.3 is 10.5 Å². The van der Waals surface area contributed by atoms with Crippen molar-refractivity contribution in [1.82, 2.24) is 0 Å². The fourth-order valence-corrected chi connectivity index (χ4v) is 2.54. The maximum atomic E-state index is 11.9. The van der Waals surface area contributed by atoms with Gasteiger partial charge in [0.25, 0.3) is 0 Å². The minimum absolute atomic E-state index is 0.0145. The van der Waals surface area contributed by atoms with Crippen LogP contribution in [0.3, 0.4) is 0 Å². The van der Waals surface area contributed by atoms with Gasteiger partial charge in [0.05, 0.1) is 6.61 Å². The lowest BCUT2D eigenvalue weighted by Gasteiger charge is -2.32. The molecule has 3 unspecified atom stereocenters. The van der Waals surface area contributed by atoms with E-state index in [2.05, 4.69) is 11.7 Å². The Hall–Kier alpha value is -0.290. The molecule has 2 N–H and O–H groups in total. The molecule has 0 aromatic carbocycles. The first-order valence-electron chi connectivity index (χ1n) is 6.32. The summed E-state index contributed by atoms with van der Waals surface area (Å²) in [6.07, 6.45) is 1.30. The Morgan fingerprint density at radius 3 is 2.65 bits per heavy atom. The molecule has 2 nitrogen and oxygen atoms in total. The average Bonchev–Trinajstić information content (AvgIpc) is 2.27. The zero-order valence-corrected chi connectivity index (χ0v) is 10.3. The van der Waals surface area contributed by atoms with Gasteiger partial charge in [-0.05, 0) is 24.7 Å². The van der Waals surface area contributed by atoms with Gasteiger partial charge in [0.15, 0.2) is 0 Å². The smallest absolute Gasteiger partial charge is 0.370 e. The van der Waals surface area contributed by atoms with Crippen LogP contribution in [-0.2, 0) is 4.74 Å². The van der Waals surface area contributed by atoms with E-state index < -0.39 is 12.8 Å². The highest BCUT2D eigenvalue weighted by Crippen LogP contribution is 2.32. The van der Waals surface area contributed by atoms with Crippen LogP contribution >= 0.6 is 0 Å². The van der Waals surface area contributed by atoms with E-state index >= 15 is 0 Å². The van der Waals surface area contributed by atoms with Crippen LogP contribution in [0.5, 0.6) is 0 Å². The van der Waals surface area contributed by atoms with Gasteiger partial charge in [0.1, 0.15) is 6.61 Å². The lowest BCUT2D eigenvalue weighted by Crippen LogP contribution is -2.38. The normalized spacial score (nSPS) is 28.1. The molecule has 1 aliphatic rings. The molecular formula is C12H22F3NO. The van der Waals surface area contributed by atoms with Crippen LogP contribution in [0.2, 0.25) is 0 Å². The first-order chi connectivity index (χ1) is 7.92. The molecular weight excluding hydrogens is 231 g/mol. The Labute approximate surface area is 101 Å². The van der Waals surface area contributed by atoms with E-state index in [1.54, 1.807) is 0 Å². The fourth-order valence-electron chi connectivity index (χ4n) is 2.54. The predicted molar refractivity (Wildman–Crippen MR) is 60.6 cm³/mol. The molecule has 5 heteroatoms. The second-order valence-electron chi connectivity index (χ2n) is 5.00. The van der Waals surface area contributed by atoms with E-state index in [1.165, 1.54) is 6.42 Å². The van der Waals surface area contributed by atoms with E-state index in [0.717, 1.165) is 25.7 Å². The lowest BCUT2D eigenvalue weighted by atomic mass is 9.77. The summed E-state index contributed by atoms with van der Waals surface area (Å²) >= 11 is 0. The maximum Gasteiger partial charge on any atom is 0.411 e. The summed E-state index contributed by atoms with van der Waals surface area (Å²) in [6, 6.07) is -0.258. The van der Waals surface area contributed by atoms with Crippen LogP contribution in [0.1, 0.15) is 39.0 Å². The van der Waals surface area contributed by atoms with Gasteiger partial charge in [0, 0.05) is 6.04 Å². The molecule has 0 bridgehead atoms. The number of halogens is 3. The topological polar surface area (TPSA) is 35.2 Å². The molecule has 1 fully saturated rings. The van der Waals surface area contributed by atoms with Crippen molar-refractivity contribution in [3.63, 3.8) is 0 Å². The van der Waals surface area contributed by atoms with Crippen LogP contribution in [0.4, 0.5) is 13.2 Å².